The Labute approximate surface area is 127 Å². The number of nitrogens with one attached hydrogen (secondary N) is 1. The molecule has 2 rings (SSSR count). The second kappa shape index (κ2) is 9.03. The van der Waals surface area contributed by atoms with Gasteiger partial charge in [0.2, 0.25) is 0 Å². The van der Waals surface area contributed by atoms with E-state index in [1.807, 2.05) is 26.0 Å². The molecule has 0 saturated heterocycles. The fourth-order valence-corrected chi connectivity index (χ4v) is 1.99. The van der Waals surface area contributed by atoms with Crippen LogP contribution in [-0.2, 0) is 16.0 Å². The van der Waals surface area contributed by atoms with Gasteiger partial charge in [0.05, 0.1) is 25.9 Å². The van der Waals surface area contributed by atoms with E-state index in [1.54, 1.807) is 0 Å². The molecule has 0 atom stereocenters. The summed E-state index contributed by atoms with van der Waals surface area (Å²) in [6.45, 7) is 7.34. The third-order valence-electron chi connectivity index (χ3n) is 3.30. The van der Waals surface area contributed by atoms with E-state index in [2.05, 4.69) is 17.4 Å². The molecule has 1 aromatic rings. The summed E-state index contributed by atoms with van der Waals surface area (Å²) in [6.07, 6.45) is 2.86. The number of hydrogen-bond donors (Lipinski definition) is 1. The molecule has 0 heterocycles. The summed E-state index contributed by atoms with van der Waals surface area (Å²) >= 11 is 0. The fourth-order valence-electron chi connectivity index (χ4n) is 1.99. The van der Waals surface area contributed by atoms with Crippen molar-refractivity contribution < 1.29 is 14.2 Å². The summed E-state index contributed by atoms with van der Waals surface area (Å²) in [5.41, 5.74) is 1.22. The molecule has 0 spiro atoms. The molecule has 0 aromatic heterocycles. The number of ether oxygens (including phenoxy) is 3. The highest BCUT2D eigenvalue weighted by atomic mass is 16.5. The predicted molar refractivity (Wildman–Crippen MR) is 83.7 cm³/mol. The van der Waals surface area contributed by atoms with Crippen LogP contribution in [-0.4, -0.2) is 38.6 Å². The molecule has 0 unspecified atom stereocenters. The first-order valence-corrected chi connectivity index (χ1v) is 7.89. The molecule has 0 amide bonds. The normalized spacial score (nSPS) is 14.6. The minimum Gasteiger partial charge on any atom is -0.491 e. The Morgan fingerprint density at radius 2 is 1.86 bits per heavy atom. The van der Waals surface area contributed by atoms with Crippen molar-refractivity contribution in [2.75, 3.05) is 26.4 Å². The van der Waals surface area contributed by atoms with E-state index >= 15 is 0 Å². The van der Waals surface area contributed by atoms with Crippen LogP contribution in [0.4, 0.5) is 0 Å². The average Bonchev–Trinajstić information content (AvgIpc) is 3.29. The van der Waals surface area contributed by atoms with Gasteiger partial charge in [-0.3, -0.25) is 0 Å². The predicted octanol–water partition coefficient (Wildman–Crippen LogP) is 2.76. The Bertz CT molecular complexity index is 405. The van der Waals surface area contributed by atoms with Gasteiger partial charge in [0, 0.05) is 18.2 Å². The van der Waals surface area contributed by atoms with Gasteiger partial charge in [-0.05, 0) is 32.8 Å². The molecule has 1 fully saturated rings. The second-order valence-electron chi connectivity index (χ2n) is 5.64. The molecular weight excluding hydrogens is 266 g/mol. The third kappa shape index (κ3) is 6.93. The van der Waals surface area contributed by atoms with Crippen LogP contribution in [0.3, 0.4) is 0 Å². The van der Waals surface area contributed by atoms with Gasteiger partial charge in [-0.15, -0.1) is 0 Å². The first kappa shape index (κ1) is 16.3. The van der Waals surface area contributed by atoms with Gasteiger partial charge >= 0.3 is 0 Å². The van der Waals surface area contributed by atoms with Crippen LogP contribution in [0, 0.1) is 0 Å². The lowest BCUT2D eigenvalue weighted by Crippen LogP contribution is -2.17. The lowest BCUT2D eigenvalue weighted by Gasteiger charge is -2.12. The van der Waals surface area contributed by atoms with Crippen LogP contribution in [0.1, 0.15) is 32.3 Å². The summed E-state index contributed by atoms with van der Waals surface area (Å²) in [5.74, 6) is 0.952. The van der Waals surface area contributed by atoms with E-state index in [1.165, 1.54) is 18.4 Å². The maximum absolute atomic E-state index is 5.81. The van der Waals surface area contributed by atoms with Crippen molar-refractivity contribution in [2.45, 2.75) is 45.4 Å². The van der Waals surface area contributed by atoms with E-state index in [9.17, 15) is 0 Å². The molecular formula is C17H27NO3. The number of rotatable bonds is 11. The highest BCUT2D eigenvalue weighted by Gasteiger charge is 2.20. The van der Waals surface area contributed by atoms with Gasteiger partial charge in [0.15, 0.2) is 0 Å². The van der Waals surface area contributed by atoms with E-state index in [-0.39, 0.29) is 6.10 Å². The monoisotopic (exact) mass is 293 g/mol. The van der Waals surface area contributed by atoms with Crippen LogP contribution >= 0.6 is 0 Å². The van der Waals surface area contributed by atoms with E-state index < -0.39 is 0 Å². The summed E-state index contributed by atoms with van der Waals surface area (Å²) in [6, 6.07) is 8.90. The molecule has 1 aromatic carbocycles. The quantitative estimate of drug-likeness (QED) is 0.637. The zero-order valence-electron chi connectivity index (χ0n) is 13.1. The summed E-state index contributed by atoms with van der Waals surface area (Å²) in [4.78, 5) is 0. The summed E-state index contributed by atoms with van der Waals surface area (Å²) in [7, 11) is 0. The van der Waals surface area contributed by atoms with Gasteiger partial charge in [0.25, 0.3) is 0 Å². The Morgan fingerprint density at radius 1 is 1.10 bits per heavy atom. The molecule has 0 bridgehead atoms. The maximum atomic E-state index is 5.81. The first-order valence-electron chi connectivity index (χ1n) is 7.89. The third-order valence-corrected chi connectivity index (χ3v) is 3.30. The van der Waals surface area contributed by atoms with Gasteiger partial charge in [-0.25, -0.2) is 0 Å². The Morgan fingerprint density at radius 3 is 2.62 bits per heavy atom. The van der Waals surface area contributed by atoms with Crippen LogP contribution < -0.4 is 10.1 Å². The van der Waals surface area contributed by atoms with Gasteiger partial charge < -0.3 is 19.5 Å². The Kier molecular flexibility index (Phi) is 7.00. The van der Waals surface area contributed by atoms with Crippen molar-refractivity contribution in [3.63, 3.8) is 0 Å². The van der Waals surface area contributed by atoms with E-state index in [0.29, 0.717) is 32.5 Å². The van der Waals surface area contributed by atoms with Gasteiger partial charge in [0.1, 0.15) is 12.4 Å². The standard InChI is InChI=1S/C17H27NO3/c1-14(2)20-11-9-19-10-12-21-17-6-4-3-5-15(17)13-18-16-7-8-16/h3-6,14,16,18H,7-13H2,1-2H3. The second-order valence-corrected chi connectivity index (χ2v) is 5.64. The Balaban J connectivity index is 1.60. The van der Waals surface area contributed by atoms with Crippen molar-refractivity contribution in [1.29, 1.82) is 0 Å². The molecule has 118 valence electrons. The fraction of sp³-hybridized carbons (Fsp3) is 0.647. The van der Waals surface area contributed by atoms with Crippen LogP contribution in [0.15, 0.2) is 24.3 Å². The summed E-state index contributed by atoms with van der Waals surface area (Å²) in [5, 5.41) is 3.51. The van der Waals surface area contributed by atoms with E-state index in [4.69, 9.17) is 14.2 Å². The van der Waals surface area contributed by atoms with Crippen molar-refractivity contribution in [1.82, 2.24) is 5.32 Å². The van der Waals surface area contributed by atoms with Gasteiger partial charge in [-0.2, -0.15) is 0 Å². The zero-order chi connectivity index (χ0) is 14.9. The number of para-hydroxylation sites is 1. The van der Waals surface area contributed by atoms with Crippen molar-refractivity contribution in [3.8, 4) is 5.75 Å². The topological polar surface area (TPSA) is 39.7 Å². The van der Waals surface area contributed by atoms with Crippen molar-refractivity contribution in [3.05, 3.63) is 29.8 Å². The first-order chi connectivity index (χ1) is 10.3. The molecule has 21 heavy (non-hydrogen) atoms. The molecule has 0 aliphatic heterocycles. The number of benzene rings is 1. The molecule has 0 radical (unpaired) electrons. The minimum absolute atomic E-state index is 0.260. The molecule has 1 aliphatic rings. The van der Waals surface area contributed by atoms with Crippen LogP contribution in [0.25, 0.3) is 0 Å². The largest absolute Gasteiger partial charge is 0.491 e. The van der Waals surface area contributed by atoms with E-state index in [0.717, 1.165) is 12.3 Å². The molecule has 4 heteroatoms. The highest BCUT2D eigenvalue weighted by Crippen LogP contribution is 2.22. The average molecular weight is 293 g/mol. The zero-order valence-corrected chi connectivity index (χ0v) is 13.1. The SMILES string of the molecule is CC(C)OCCOCCOc1ccccc1CNC1CC1. The van der Waals surface area contributed by atoms with Crippen molar-refractivity contribution in [2.24, 2.45) is 0 Å². The number of hydrogen-bond acceptors (Lipinski definition) is 4. The Hall–Kier alpha value is -1.10. The van der Waals surface area contributed by atoms with Gasteiger partial charge in [-0.1, -0.05) is 18.2 Å². The lowest BCUT2D eigenvalue weighted by molar-refractivity contribution is 0.0124. The molecule has 1 saturated carbocycles. The van der Waals surface area contributed by atoms with Crippen LogP contribution in [0.5, 0.6) is 5.75 Å². The minimum atomic E-state index is 0.260. The molecule has 1 aliphatic carbocycles. The van der Waals surface area contributed by atoms with Crippen molar-refractivity contribution >= 4 is 0 Å². The molecule has 4 nitrogen and oxygen atoms in total. The highest BCUT2D eigenvalue weighted by molar-refractivity contribution is 5.33. The van der Waals surface area contributed by atoms with Crippen LogP contribution in [0.2, 0.25) is 0 Å². The smallest absolute Gasteiger partial charge is 0.123 e. The lowest BCUT2D eigenvalue weighted by atomic mass is 10.2. The maximum Gasteiger partial charge on any atom is 0.123 e. The molecule has 1 N–H and O–H groups in total. The summed E-state index contributed by atoms with van der Waals surface area (Å²) < 4.78 is 16.7.